The van der Waals surface area contributed by atoms with Gasteiger partial charge in [-0.2, -0.15) is 5.26 Å². The van der Waals surface area contributed by atoms with Crippen molar-refractivity contribution in [3.8, 4) is 6.07 Å². The standard InChI is InChI=1S/C22H18N2O/c1-17-2-4-18(5-3-17)6-7-19-12-13-24(22(25)14-19)16-21-10-8-20(15-23)9-11-21/h2-14H,16H2,1H3/b7-6+. The molecule has 122 valence electrons. The number of nitrogens with zero attached hydrogens (tertiary/aromatic N) is 2. The topological polar surface area (TPSA) is 45.8 Å². The predicted molar refractivity (Wildman–Crippen MR) is 101 cm³/mol. The molecule has 3 heteroatoms. The van der Waals surface area contributed by atoms with Gasteiger partial charge in [-0.05, 0) is 41.8 Å². The van der Waals surface area contributed by atoms with Gasteiger partial charge in [0.2, 0.25) is 0 Å². The molecule has 1 heterocycles. The third kappa shape index (κ3) is 4.33. The number of pyridine rings is 1. The van der Waals surface area contributed by atoms with E-state index < -0.39 is 0 Å². The van der Waals surface area contributed by atoms with Gasteiger partial charge in [0.05, 0.1) is 18.2 Å². The molecule has 3 rings (SSSR count). The number of aromatic nitrogens is 1. The van der Waals surface area contributed by atoms with Gasteiger partial charge in [0, 0.05) is 12.3 Å². The minimum absolute atomic E-state index is 0.0459. The zero-order chi connectivity index (χ0) is 17.6. The minimum atomic E-state index is -0.0459. The third-order valence-electron chi connectivity index (χ3n) is 4.00. The molecule has 2 aromatic carbocycles. The molecule has 0 bridgehead atoms. The molecule has 3 aromatic rings. The Labute approximate surface area is 147 Å². The Bertz CT molecular complexity index is 988. The first-order valence-corrected chi connectivity index (χ1v) is 8.08. The average Bonchev–Trinajstić information content (AvgIpc) is 2.64. The summed E-state index contributed by atoms with van der Waals surface area (Å²) in [6, 6.07) is 21.2. The largest absolute Gasteiger partial charge is 0.311 e. The molecule has 25 heavy (non-hydrogen) atoms. The Morgan fingerprint density at radius 2 is 1.64 bits per heavy atom. The van der Waals surface area contributed by atoms with Crippen molar-refractivity contribution in [2.75, 3.05) is 0 Å². The van der Waals surface area contributed by atoms with Crippen molar-refractivity contribution < 1.29 is 0 Å². The molecular formula is C22H18N2O. The molecule has 0 amide bonds. The van der Waals surface area contributed by atoms with E-state index in [-0.39, 0.29) is 5.56 Å². The van der Waals surface area contributed by atoms with Crippen LogP contribution in [0.4, 0.5) is 0 Å². The van der Waals surface area contributed by atoms with E-state index in [0.29, 0.717) is 12.1 Å². The second kappa shape index (κ2) is 7.46. The summed E-state index contributed by atoms with van der Waals surface area (Å²) in [6.07, 6.45) is 5.74. The van der Waals surface area contributed by atoms with E-state index >= 15 is 0 Å². The highest BCUT2D eigenvalue weighted by molar-refractivity contribution is 5.69. The van der Waals surface area contributed by atoms with Gasteiger partial charge in [0.1, 0.15) is 0 Å². The van der Waals surface area contributed by atoms with Crippen molar-refractivity contribution in [2.24, 2.45) is 0 Å². The second-order valence-corrected chi connectivity index (χ2v) is 5.98. The number of hydrogen-bond donors (Lipinski definition) is 0. The van der Waals surface area contributed by atoms with Crippen LogP contribution in [0.1, 0.15) is 27.8 Å². The molecule has 0 unspecified atom stereocenters. The summed E-state index contributed by atoms with van der Waals surface area (Å²) in [6.45, 7) is 2.55. The summed E-state index contributed by atoms with van der Waals surface area (Å²) >= 11 is 0. The van der Waals surface area contributed by atoms with Crippen molar-refractivity contribution in [3.63, 3.8) is 0 Å². The normalized spacial score (nSPS) is 10.7. The Morgan fingerprint density at radius 3 is 2.28 bits per heavy atom. The lowest BCUT2D eigenvalue weighted by Crippen LogP contribution is -2.19. The lowest BCUT2D eigenvalue weighted by atomic mass is 10.1. The van der Waals surface area contributed by atoms with Crippen LogP contribution >= 0.6 is 0 Å². The van der Waals surface area contributed by atoms with Gasteiger partial charge in [-0.25, -0.2) is 0 Å². The van der Waals surface area contributed by atoms with Crippen LogP contribution in [0, 0.1) is 18.3 Å². The molecule has 0 aliphatic rings. The van der Waals surface area contributed by atoms with E-state index in [1.807, 2.05) is 30.4 Å². The quantitative estimate of drug-likeness (QED) is 0.719. The monoisotopic (exact) mass is 326 g/mol. The fourth-order valence-electron chi connectivity index (χ4n) is 2.51. The van der Waals surface area contributed by atoms with E-state index in [4.69, 9.17) is 5.26 Å². The smallest absolute Gasteiger partial charge is 0.251 e. The van der Waals surface area contributed by atoms with Crippen LogP contribution in [0.25, 0.3) is 12.2 Å². The summed E-state index contributed by atoms with van der Waals surface area (Å²) in [5.74, 6) is 0. The summed E-state index contributed by atoms with van der Waals surface area (Å²) in [5, 5.41) is 8.83. The summed E-state index contributed by atoms with van der Waals surface area (Å²) in [5.41, 5.74) is 4.77. The first kappa shape index (κ1) is 16.5. The second-order valence-electron chi connectivity index (χ2n) is 5.98. The first-order chi connectivity index (χ1) is 12.1. The lowest BCUT2D eigenvalue weighted by molar-refractivity contribution is 0.759. The molecule has 0 atom stereocenters. The molecule has 0 radical (unpaired) electrons. The van der Waals surface area contributed by atoms with Gasteiger partial charge < -0.3 is 4.57 Å². The van der Waals surface area contributed by atoms with E-state index in [9.17, 15) is 4.79 Å². The Kier molecular flexibility index (Phi) is 4.92. The fraction of sp³-hybridized carbons (Fsp3) is 0.0909. The Hall–Kier alpha value is -3.38. The van der Waals surface area contributed by atoms with Crippen LogP contribution in [0.2, 0.25) is 0 Å². The number of benzene rings is 2. The first-order valence-electron chi connectivity index (χ1n) is 8.08. The maximum absolute atomic E-state index is 12.3. The predicted octanol–water partition coefficient (Wildman–Crippen LogP) is 4.25. The molecule has 1 aromatic heterocycles. The van der Waals surface area contributed by atoms with Crippen molar-refractivity contribution >= 4 is 12.2 Å². The zero-order valence-electron chi connectivity index (χ0n) is 14.0. The van der Waals surface area contributed by atoms with E-state index in [0.717, 1.165) is 16.7 Å². The van der Waals surface area contributed by atoms with Crippen LogP contribution in [0.3, 0.4) is 0 Å². The molecular weight excluding hydrogens is 308 g/mol. The van der Waals surface area contributed by atoms with Crippen LogP contribution in [-0.2, 0) is 6.54 Å². The van der Waals surface area contributed by atoms with Crippen molar-refractivity contribution in [2.45, 2.75) is 13.5 Å². The maximum atomic E-state index is 12.3. The SMILES string of the molecule is Cc1ccc(/C=C/c2ccn(Cc3ccc(C#N)cc3)c(=O)c2)cc1. The highest BCUT2D eigenvalue weighted by Crippen LogP contribution is 2.09. The Balaban J connectivity index is 1.75. The number of hydrogen-bond acceptors (Lipinski definition) is 2. The highest BCUT2D eigenvalue weighted by atomic mass is 16.1. The third-order valence-corrected chi connectivity index (χ3v) is 4.00. The van der Waals surface area contributed by atoms with Gasteiger partial charge in [0.25, 0.3) is 5.56 Å². The van der Waals surface area contributed by atoms with E-state index in [1.54, 1.807) is 29.0 Å². The zero-order valence-corrected chi connectivity index (χ0v) is 14.0. The van der Waals surface area contributed by atoms with Gasteiger partial charge in [0.15, 0.2) is 0 Å². The molecule has 0 N–H and O–H groups in total. The number of rotatable bonds is 4. The fourth-order valence-corrected chi connectivity index (χ4v) is 2.51. The maximum Gasteiger partial charge on any atom is 0.251 e. The number of aryl methyl sites for hydroxylation is 1. The molecule has 0 spiro atoms. The average molecular weight is 326 g/mol. The molecule has 0 saturated heterocycles. The molecule has 0 saturated carbocycles. The number of nitriles is 1. The van der Waals surface area contributed by atoms with Crippen LogP contribution in [0.15, 0.2) is 71.7 Å². The Morgan fingerprint density at radius 1 is 0.960 bits per heavy atom. The van der Waals surface area contributed by atoms with Crippen molar-refractivity contribution in [1.82, 2.24) is 4.57 Å². The van der Waals surface area contributed by atoms with Gasteiger partial charge in [-0.1, -0.05) is 54.1 Å². The van der Waals surface area contributed by atoms with Crippen LogP contribution < -0.4 is 5.56 Å². The molecule has 0 aliphatic carbocycles. The molecule has 0 fully saturated rings. The molecule has 3 nitrogen and oxygen atoms in total. The van der Waals surface area contributed by atoms with Crippen LogP contribution in [-0.4, -0.2) is 4.57 Å². The molecule has 0 aliphatic heterocycles. The van der Waals surface area contributed by atoms with Crippen molar-refractivity contribution in [1.29, 1.82) is 5.26 Å². The van der Waals surface area contributed by atoms with Gasteiger partial charge >= 0.3 is 0 Å². The summed E-state index contributed by atoms with van der Waals surface area (Å²) in [7, 11) is 0. The summed E-state index contributed by atoms with van der Waals surface area (Å²) in [4.78, 5) is 12.3. The van der Waals surface area contributed by atoms with Gasteiger partial charge in [-0.3, -0.25) is 4.79 Å². The van der Waals surface area contributed by atoms with E-state index in [2.05, 4.69) is 37.3 Å². The van der Waals surface area contributed by atoms with Crippen molar-refractivity contribution in [3.05, 3.63) is 105 Å². The minimum Gasteiger partial charge on any atom is -0.311 e. The van der Waals surface area contributed by atoms with Gasteiger partial charge in [-0.15, -0.1) is 0 Å². The lowest BCUT2D eigenvalue weighted by Gasteiger charge is -2.06. The van der Waals surface area contributed by atoms with Crippen LogP contribution in [0.5, 0.6) is 0 Å². The van der Waals surface area contributed by atoms with E-state index in [1.165, 1.54) is 5.56 Å². The summed E-state index contributed by atoms with van der Waals surface area (Å²) < 4.78 is 1.66. The highest BCUT2D eigenvalue weighted by Gasteiger charge is 2.00.